The van der Waals surface area contributed by atoms with Crippen LogP contribution in [0.2, 0.25) is 10.0 Å². The van der Waals surface area contributed by atoms with E-state index in [0.29, 0.717) is 27.2 Å². The average Bonchev–Trinajstić information content (AvgIpc) is 2.99. The van der Waals surface area contributed by atoms with Gasteiger partial charge in [0.05, 0.1) is 22.3 Å². The van der Waals surface area contributed by atoms with Crippen LogP contribution in [0.1, 0.15) is 40.7 Å². The Bertz CT molecular complexity index is 1060. The van der Waals surface area contributed by atoms with E-state index in [9.17, 15) is 4.79 Å². The molecular formula is C20H18Cl2N2O2S. The van der Waals surface area contributed by atoms with Crippen molar-refractivity contribution in [3.63, 3.8) is 0 Å². The van der Waals surface area contributed by atoms with E-state index in [4.69, 9.17) is 38.7 Å². The Hall–Kier alpha value is -1.82. The Morgan fingerprint density at radius 3 is 2.85 bits per heavy atom. The van der Waals surface area contributed by atoms with Crippen LogP contribution in [0.15, 0.2) is 18.2 Å². The molecule has 27 heavy (non-hydrogen) atoms. The predicted octanol–water partition coefficient (Wildman–Crippen LogP) is 5.91. The molecule has 0 fully saturated rings. The molecule has 0 radical (unpaired) electrons. The molecule has 4 rings (SSSR count). The van der Waals surface area contributed by atoms with Gasteiger partial charge in [0.2, 0.25) is 0 Å². The summed E-state index contributed by atoms with van der Waals surface area (Å²) in [5.74, 6) is -0.417. The van der Waals surface area contributed by atoms with Crippen LogP contribution in [0, 0.1) is 0 Å². The molecule has 0 saturated carbocycles. The number of hydrogen-bond acceptors (Lipinski definition) is 5. The summed E-state index contributed by atoms with van der Waals surface area (Å²) in [6.07, 6.45) is 3.99. The predicted molar refractivity (Wildman–Crippen MR) is 112 cm³/mol. The highest BCUT2D eigenvalue weighted by molar-refractivity contribution is 7.21. The Labute approximate surface area is 171 Å². The van der Waals surface area contributed by atoms with E-state index in [1.807, 2.05) is 12.1 Å². The van der Waals surface area contributed by atoms with Crippen molar-refractivity contribution < 1.29 is 9.53 Å². The number of anilines is 1. The third kappa shape index (κ3) is 3.08. The monoisotopic (exact) mass is 420 g/mol. The lowest BCUT2D eigenvalue weighted by Crippen LogP contribution is -2.08. The number of esters is 1. The van der Waals surface area contributed by atoms with Crippen LogP contribution in [0.3, 0.4) is 0 Å². The Kier molecular flexibility index (Phi) is 5.01. The quantitative estimate of drug-likeness (QED) is 0.534. The number of hydrogen-bond donors (Lipinski definition) is 1. The van der Waals surface area contributed by atoms with E-state index >= 15 is 0 Å². The number of carbonyl (C=O) groups is 1. The summed E-state index contributed by atoms with van der Waals surface area (Å²) < 4.78 is 5.17. The summed E-state index contributed by atoms with van der Waals surface area (Å²) in [4.78, 5) is 18.3. The van der Waals surface area contributed by atoms with E-state index in [-0.39, 0.29) is 0 Å². The van der Waals surface area contributed by atoms with Gasteiger partial charge >= 0.3 is 5.97 Å². The number of nitrogens with zero attached hydrogens (tertiary/aromatic N) is 1. The number of aromatic nitrogens is 1. The average molecular weight is 421 g/mol. The van der Waals surface area contributed by atoms with Gasteiger partial charge in [-0.1, -0.05) is 35.3 Å². The van der Waals surface area contributed by atoms with Gasteiger partial charge < -0.3 is 10.5 Å². The van der Waals surface area contributed by atoms with E-state index in [1.165, 1.54) is 11.3 Å². The smallest absolute Gasteiger partial charge is 0.350 e. The molecule has 2 N–H and O–H groups in total. The second-order valence-electron chi connectivity index (χ2n) is 6.47. The maximum atomic E-state index is 12.4. The first kappa shape index (κ1) is 18.5. The molecule has 4 nitrogen and oxygen atoms in total. The number of thiophene rings is 1. The topological polar surface area (TPSA) is 65.2 Å². The Balaban J connectivity index is 2.08. The third-order valence-electron chi connectivity index (χ3n) is 4.84. The van der Waals surface area contributed by atoms with Crippen molar-refractivity contribution in [2.75, 3.05) is 12.3 Å². The number of fused-ring (bicyclic) bond motifs is 2. The molecule has 1 aliphatic carbocycles. The van der Waals surface area contributed by atoms with Crippen molar-refractivity contribution in [1.29, 1.82) is 0 Å². The van der Waals surface area contributed by atoms with Crippen molar-refractivity contribution in [1.82, 2.24) is 4.98 Å². The van der Waals surface area contributed by atoms with Crippen LogP contribution < -0.4 is 5.73 Å². The van der Waals surface area contributed by atoms with Crippen LogP contribution in [-0.2, 0) is 17.6 Å². The zero-order valence-corrected chi connectivity index (χ0v) is 17.1. The van der Waals surface area contributed by atoms with Crippen LogP contribution >= 0.6 is 34.5 Å². The van der Waals surface area contributed by atoms with Crippen molar-refractivity contribution in [2.45, 2.75) is 32.6 Å². The maximum Gasteiger partial charge on any atom is 0.350 e. The highest BCUT2D eigenvalue weighted by Gasteiger charge is 2.27. The Morgan fingerprint density at radius 2 is 2.07 bits per heavy atom. The molecule has 0 saturated heterocycles. The minimum Gasteiger partial charge on any atom is -0.462 e. The summed E-state index contributed by atoms with van der Waals surface area (Å²) in [7, 11) is 0. The van der Waals surface area contributed by atoms with Gasteiger partial charge in [-0.05, 0) is 44.2 Å². The standard InChI is InChI=1S/C20H18Cl2N2O2S/c1-2-26-20(25)18-17(23)15-14(11-7-5-8-12(21)16(11)22)10-6-3-4-9-13(10)24-19(15)27-18/h5,7-8H,2-4,6,9,23H2,1H3. The van der Waals surface area contributed by atoms with Gasteiger partial charge in [0.15, 0.2) is 0 Å². The fraction of sp³-hybridized carbons (Fsp3) is 0.300. The third-order valence-corrected chi connectivity index (χ3v) is 6.73. The highest BCUT2D eigenvalue weighted by Crippen LogP contribution is 2.46. The first-order valence-corrected chi connectivity index (χ1v) is 10.4. The molecular weight excluding hydrogens is 403 g/mol. The van der Waals surface area contributed by atoms with Gasteiger partial charge in [0, 0.05) is 22.2 Å². The Morgan fingerprint density at radius 1 is 1.30 bits per heavy atom. The zero-order valence-electron chi connectivity index (χ0n) is 14.8. The SMILES string of the molecule is CCOC(=O)c1sc2nc3c(c(-c4cccc(Cl)c4Cl)c2c1N)CCCC3. The van der Waals surface area contributed by atoms with Crippen molar-refractivity contribution in [3.05, 3.63) is 44.4 Å². The number of nitrogens with two attached hydrogens (primary N) is 1. The number of aryl methyl sites for hydroxylation is 1. The minimum atomic E-state index is -0.417. The number of carbonyl (C=O) groups excluding carboxylic acids is 1. The van der Waals surface area contributed by atoms with Crippen LogP contribution in [0.4, 0.5) is 5.69 Å². The number of pyridine rings is 1. The lowest BCUT2D eigenvalue weighted by molar-refractivity contribution is 0.0533. The summed E-state index contributed by atoms with van der Waals surface area (Å²) in [5.41, 5.74) is 10.8. The summed E-state index contributed by atoms with van der Waals surface area (Å²) in [5, 5.41) is 1.75. The molecule has 2 heterocycles. The minimum absolute atomic E-state index is 0.295. The molecule has 0 amide bonds. The van der Waals surface area contributed by atoms with Gasteiger partial charge in [-0.25, -0.2) is 9.78 Å². The lowest BCUT2D eigenvalue weighted by Gasteiger charge is -2.21. The number of ether oxygens (including phenoxy) is 1. The van der Waals surface area contributed by atoms with Crippen molar-refractivity contribution >= 4 is 56.4 Å². The van der Waals surface area contributed by atoms with E-state index in [2.05, 4.69) is 0 Å². The van der Waals surface area contributed by atoms with Crippen molar-refractivity contribution in [3.8, 4) is 11.1 Å². The molecule has 3 aromatic rings. The molecule has 0 unspecified atom stereocenters. The molecule has 0 atom stereocenters. The zero-order chi connectivity index (χ0) is 19.1. The van der Waals surface area contributed by atoms with Gasteiger partial charge in [0.1, 0.15) is 9.71 Å². The first-order valence-electron chi connectivity index (χ1n) is 8.88. The van der Waals surface area contributed by atoms with Gasteiger partial charge in [0.25, 0.3) is 0 Å². The molecule has 7 heteroatoms. The summed E-state index contributed by atoms with van der Waals surface area (Å²) >= 11 is 14.1. The maximum absolute atomic E-state index is 12.4. The van der Waals surface area contributed by atoms with Crippen molar-refractivity contribution in [2.24, 2.45) is 0 Å². The molecule has 2 aromatic heterocycles. The summed E-state index contributed by atoms with van der Waals surface area (Å²) in [6, 6.07) is 5.58. The molecule has 1 aliphatic rings. The van der Waals surface area contributed by atoms with Crippen LogP contribution in [0.5, 0.6) is 0 Å². The molecule has 0 aliphatic heterocycles. The van der Waals surface area contributed by atoms with Crippen LogP contribution in [0.25, 0.3) is 21.3 Å². The fourth-order valence-corrected chi connectivity index (χ4v) is 5.06. The second-order valence-corrected chi connectivity index (χ2v) is 8.25. The van der Waals surface area contributed by atoms with Gasteiger partial charge in [-0.3, -0.25) is 0 Å². The number of benzene rings is 1. The highest BCUT2D eigenvalue weighted by atomic mass is 35.5. The summed E-state index contributed by atoms with van der Waals surface area (Å²) in [6.45, 7) is 2.07. The van der Waals surface area contributed by atoms with E-state index in [1.54, 1.807) is 13.0 Å². The number of halogens is 2. The molecule has 0 spiro atoms. The molecule has 0 bridgehead atoms. The second kappa shape index (κ2) is 7.30. The van der Waals surface area contributed by atoms with E-state index in [0.717, 1.165) is 58.3 Å². The molecule has 140 valence electrons. The number of nitrogen functional groups attached to an aromatic ring is 1. The largest absolute Gasteiger partial charge is 0.462 e. The van der Waals surface area contributed by atoms with E-state index < -0.39 is 5.97 Å². The molecule has 1 aromatic carbocycles. The lowest BCUT2D eigenvalue weighted by atomic mass is 9.87. The van der Waals surface area contributed by atoms with Crippen LogP contribution in [-0.4, -0.2) is 17.6 Å². The number of rotatable bonds is 3. The van der Waals surface area contributed by atoms with Gasteiger partial charge in [-0.15, -0.1) is 11.3 Å². The normalized spacial score (nSPS) is 13.6. The van der Waals surface area contributed by atoms with Gasteiger partial charge in [-0.2, -0.15) is 0 Å². The first-order chi connectivity index (χ1) is 13.0. The fourth-order valence-electron chi connectivity index (χ4n) is 3.65.